The Morgan fingerprint density at radius 3 is 2.62 bits per heavy atom. The first-order valence-corrected chi connectivity index (χ1v) is 15.0. The number of fused-ring (bicyclic) bond motifs is 1. The SMILES string of the molecule is CCOc1c(CC(N)=O)cc([C@@](O)(CNC(=O)c2cc(OC)c3nn(C4CC4)cc3c2)C2(F)CC2)nc1-c1ccc(F)c(Cl)c1. The van der Waals surface area contributed by atoms with Gasteiger partial charge in [0.05, 0.1) is 43.4 Å². The van der Waals surface area contributed by atoms with Crippen molar-refractivity contribution in [2.24, 2.45) is 5.73 Å². The van der Waals surface area contributed by atoms with E-state index in [4.69, 9.17) is 26.8 Å². The second-order valence-electron chi connectivity index (χ2n) is 11.5. The van der Waals surface area contributed by atoms with Crippen molar-refractivity contribution in [3.8, 4) is 22.8 Å². The number of rotatable bonds is 12. The van der Waals surface area contributed by atoms with E-state index in [0.29, 0.717) is 28.3 Å². The normalized spacial score (nSPS) is 16.7. The number of hydrogen-bond acceptors (Lipinski definition) is 7. The molecule has 2 saturated carbocycles. The highest BCUT2D eigenvalue weighted by Gasteiger charge is 2.62. The van der Waals surface area contributed by atoms with Gasteiger partial charge in [-0.05, 0) is 69.0 Å². The summed E-state index contributed by atoms with van der Waals surface area (Å²) in [5.41, 5.74) is 2.42. The molecule has 2 aromatic carbocycles. The molecule has 13 heteroatoms. The molecule has 2 aromatic heterocycles. The lowest BCUT2D eigenvalue weighted by atomic mass is 9.88. The molecule has 0 bridgehead atoms. The van der Waals surface area contributed by atoms with Gasteiger partial charge < -0.3 is 25.6 Å². The lowest BCUT2D eigenvalue weighted by molar-refractivity contribution is -0.117. The second kappa shape index (κ2) is 11.6. The first-order chi connectivity index (χ1) is 21.5. The molecular weight excluding hydrogens is 608 g/mol. The monoisotopic (exact) mass is 639 g/mol. The molecule has 10 nitrogen and oxygen atoms in total. The molecule has 0 radical (unpaired) electrons. The number of amides is 2. The highest BCUT2D eigenvalue weighted by Crippen LogP contribution is 2.54. The van der Waals surface area contributed by atoms with Crippen LogP contribution in [0.4, 0.5) is 8.78 Å². The number of hydrogen-bond donors (Lipinski definition) is 3. The molecule has 2 aliphatic rings. The van der Waals surface area contributed by atoms with Crippen LogP contribution in [-0.4, -0.2) is 57.6 Å². The van der Waals surface area contributed by atoms with Gasteiger partial charge in [-0.3, -0.25) is 14.3 Å². The first kappa shape index (κ1) is 30.7. The average Bonchev–Trinajstić information content (AvgIpc) is 3.95. The third-order valence-corrected chi connectivity index (χ3v) is 8.54. The van der Waals surface area contributed by atoms with E-state index in [0.717, 1.165) is 18.9 Å². The van der Waals surface area contributed by atoms with Crippen LogP contribution in [0.15, 0.2) is 42.6 Å². The molecule has 6 rings (SSSR count). The van der Waals surface area contributed by atoms with Gasteiger partial charge in [0.15, 0.2) is 5.60 Å². The number of methoxy groups -OCH3 is 1. The highest BCUT2D eigenvalue weighted by atomic mass is 35.5. The number of pyridine rings is 1. The third kappa shape index (κ3) is 5.80. The van der Waals surface area contributed by atoms with Crippen molar-refractivity contribution in [2.75, 3.05) is 20.3 Å². The molecule has 1 atom stereocenters. The van der Waals surface area contributed by atoms with Gasteiger partial charge in [-0.25, -0.2) is 13.8 Å². The van der Waals surface area contributed by atoms with Crippen LogP contribution < -0.4 is 20.5 Å². The minimum absolute atomic E-state index is 0.0112. The number of carbonyl (C=O) groups is 2. The maximum absolute atomic E-state index is 16.1. The van der Waals surface area contributed by atoms with Crippen LogP contribution in [0.5, 0.6) is 11.5 Å². The zero-order valence-corrected chi connectivity index (χ0v) is 25.5. The molecule has 4 N–H and O–H groups in total. The maximum atomic E-state index is 16.1. The highest BCUT2D eigenvalue weighted by molar-refractivity contribution is 6.31. The van der Waals surface area contributed by atoms with Crippen molar-refractivity contribution in [3.05, 3.63) is 70.3 Å². The number of carbonyl (C=O) groups excluding carboxylic acids is 2. The fraction of sp³-hybridized carbons (Fsp3) is 0.375. The Kier molecular flexibility index (Phi) is 7.90. The van der Waals surface area contributed by atoms with Crippen LogP contribution >= 0.6 is 11.6 Å². The number of nitrogens with one attached hydrogen (secondary N) is 1. The number of nitrogens with zero attached hydrogens (tertiary/aromatic N) is 3. The van der Waals surface area contributed by atoms with E-state index in [-0.39, 0.29) is 59.2 Å². The molecule has 4 aromatic rings. The smallest absolute Gasteiger partial charge is 0.251 e. The Labute approximate surface area is 262 Å². The minimum Gasteiger partial charge on any atom is -0.494 e. The number of aliphatic hydroxyl groups is 1. The minimum atomic E-state index is -2.32. The molecule has 2 aliphatic carbocycles. The summed E-state index contributed by atoms with van der Waals surface area (Å²) in [5.74, 6) is -1.38. The number of halogens is 3. The van der Waals surface area contributed by atoms with Crippen LogP contribution in [0.1, 0.15) is 60.3 Å². The van der Waals surface area contributed by atoms with Crippen LogP contribution in [0, 0.1) is 5.82 Å². The predicted octanol–water partition coefficient (Wildman–Crippen LogP) is 4.78. The van der Waals surface area contributed by atoms with Gasteiger partial charge in [0.25, 0.3) is 5.91 Å². The third-order valence-electron chi connectivity index (χ3n) is 8.25. The average molecular weight is 640 g/mol. The van der Waals surface area contributed by atoms with E-state index >= 15 is 4.39 Å². The molecule has 0 aliphatic heterocycles. The second-order valence-corrected chi connectivity index (χ2v) is 11.9. The number of primary amides is 1. The van der Waals surface area contributed by atoms with Crippen molar-refractivity contribution in [2.45, 2.75) is 56.3 Å². The summed E-state index contributed by atoms with van der Waals surface area (Å²) in [6.45, 7) is 1.35. The van der Waals surface area contributed by atoms with Crippen LogP contribution in [0.3, 0.4) is 0 Å². The van der Waals surface area contributed by atoms with Gasteiger partial charge >= 0.3 is 0 Å². The van der Waals surface area contributed by atoms with Crippen LogP contribution in [0.25, 0.3) is 22.2 Å². The molecule has 0 unspecified atom stereocenters. The van der Waals surface area contributed by atoms with E-state index in [9.17, 15) is 19.1 Å². The van der Waals surface area contributed by atoms with Crippen molar-refractivity contribution in [1.82, 2.24) is 20.1 Å². The van der Waals surface area contributed by atoms with Crippen LogP contribution in [0.2, 0.25) is 5.02 Å². The molecule has 2 heterocycles. The molecule has 236 valence electrons. The first-order valence-electron chi connectivity index (χ1n) is 14.6. The van der Waals surface area contributed by atoms with Gasteiger partial charge in [-0.1, -0.05) is 11.6 Å². The predicted molar refractivity (Wildman–Crippen MR) is 163 cm³/mol. The molecule has 2 fully saturated rings. The topological polar surface area (TPSA) is 142 Å². The molecule has 2 amide bonds. The van der Waals surface area contributed by atoms with E-state index in [1.807, 2.05) is 10.9 Å². The zero-order valence-electron chi connectivity index (χ0n) is 24.7. The molecular formula is C32H32ClF2N5O5. The molecule has 0 spiro atoms. The lowest BCUT2D eigenvalue weighted by Gasteiger charge is -2.33. The Morgan fingerprint density at radius 2 is 2.00 bits per heavy atom. The van der Waals surface area contributed by atoms with Crippen molar-refractivity contribution < 1.29 is 33.0 Å². The number of aromatic nitrogens is 3. The number of ether oxygens (including phenoxy) is 2. The summed E-state index contributed by atoms with van der Waals surface area (Å²) in [6, 6.07) is 8.75. The van der Waals surface area contributed by atoms with Gasteiger partial charge in [-0.15, -0.1) is 0 Å². The van der Waals surface area contributed by atoms with Crippen molar-refractivity contribution >= 4 is 34.3 Å². The van der Waals surface area contributed by atoms with Crippen molar-refractivity contribution in [3.63, 3.8) is 0 Å². The standard InChI is InChI=1S/C32H32ClF2N5O5/c1-3-45-29-18(14-26(36)41)13-25(38-28(29)17-4-7-23(34)22(33)11-17)32(43,31(35)8-9-31)16-37-30(42)19-10-20-15-40(21-5-6-21)39-27(20)24(12-19)44-2/h4,7,10-13,15,21,43H,3,5-6,8-9,14,16H2,1-2H3,(H2,36,41)(H,37,42)/t32-/m0/s1. The van der Waals surface area contributed by atoms with Gasteiger partial charge in [-0.2, -0.15) is 5.10 Å². The quantitative estimate of drug-likeness (QED) is 0.203. The zero-order chi connectivity index (χ0) is 32.1. The summed E-state index contributed by atoms with van der Waals surface area (Å²) in [6.07, 6.45) is 3.63. The number of nitrogens with two attached hydrogens (primary N) is 1. The Bertz CT molecular complexity index is 1820. The van der Waals surface area contributed by atoms with Gasteiger partial charge in [0.2, 0.25) is 5.91 Å². The van der Waals surface area contributed by atoms with E-state index in [1.54, 1.807) is 19.1 Å². The summed E-state index contributed by atoms with van der Waals surface area (Å²) < 4.78 is 43.4. The van der Waals surface area contributed by atoms with E-state index in [1.165, 1.54) is 25.3 Å². The largest absolute Gasteiger partial charge is 0.494 e. The number of benzene rings is 2. The maximum Gasteiger partial charge on any atom is 0.251 e. The Morgan fingerprint density at radius 1 is 1.24 bits per heavy atom. The fourth-order valence-corrected chi connectivity index (χ4v) is 5.69. The van der Waals surface area contributed by atoms with Gasteiger partial charge in [0.1, 0.15) is 34.2 Å². The Balaban J connectivity index is 1.39. The lowest BCUT2D eigenvalue weighted by Crippen LogP contribution is -2.49. The summed E-state index contributed by atoms with van der Waals surface area (Å²) in [5, 5.41) is 19.8. The van der Waals surface area contributed by atoms with Crippen molar-refractivity contribution in [1.29, 1.82) is 0 Å². The fourth-order valence-electron chi connectivity index (χ4n) is 5.51. The molecule has 45 heavy (non-hydrogen) atoms. The Hall–Kier alpha value is -4.29. The molecule has 0 saturated heterocycles. The van der Waals surface area contributed by atoms with Crippen LogP contribution in [-0.2, 0) is 16.8 Å². The van der Waals surface area contributed by atoms with E-state index < -0.39 is 35.4 Å². The summed E-state index contributed by atoms with van der Waals surface area (Å²) in [4.78, 5) is 30.1. The van der Waals surface area contributed by atoms with E-state index in [2.05, 4.69) is 15.4 Å². The summed E-state index contributed by atoms with van der Waals surface area (Å²) >= 11 is 6.06. The van der Waals surface area contributed by atoms with Gasteiger partial charge in [0, 0.05) is 28.3 Å². The number of alkyl halides is 1. The summed E-state index contributed by atoms with van der Waals surface area (Å²) in [7, 11) is 1.48.